The molecule has 0 amide bonds. The molecule has 4 aliphatic heterocycles. The third kappa shape index (κ3) is 14.1. The molecular weight excluding hydrogens is 1070 g/mol. The molecule has 1 N–H and O–H groups in total. The topological polar surface area (TPSA) is 110 Å². The molecule has 10 nitrogen and oxygen atoms in total. The van der Waals surface area contributed by atoms with Gasteiger partial charge in [0, 0.05) is 31.4 Å². The number of carboxylic acid groups (broad SMARTS) is 1. The molecule has 4 heterocycles. The number of methoxy groups -OCH3 is 3. The van der Waals surface area contributed by atoms with Crippen molar-refractivity contribution >= 4 is 53.9 Å². The summed E-state index contributed by atoms with van der Waals surface area (Å²) in [5.41, 5.74) is 6.94. The van der Waals surface area contributed by atoms with E-state index in [1.807, 2.05) is 12.1 Å². The summed E-state index contributed by atoms with van der Waals surface area (Å²) in [6.07, 6.45) is 21.4. The zero-order valence-electron chi connectivity index (χ0n) is 40.7. The zero-order valence-corrected chi connectivity index (χ0v) is 45.4. The molecule has 0 saturated heterocycles. The zero-order chi connectivity index (χ0) is 45.8. The number of carboxylic acids is 1. The normalized spacial score (nSPS) is 18.5. The molecule has 0 spiro atoms. The Bertz CT molecular complexity index is 2200. The Morgan fingerprint density at radius 2 is 1.25 bits per heavy atom. The summed E-state index contributed by atoms with van der Waals surface area (Å²) in [5, 5.41) is 22.7. The van der Waals surface area contributed by atoms with E-state index in [1.54, 1.807) is 21.3 Å². The van der Waals surface area contributed by atoms with Gasteiger partial charge in [-0.3, -0.25) is 4.90 Å². The number of halogens is 2. The number of rotatable bonds is 21. The van der Waals surface area contributed by atoms with Gasteiger partial charge in [-0.05, 0) is 116 Å². The summed E-state index contributed by atoms with van der Waals surface area (Å²) in [6, 6.07) is 21.1. The first-order chi connectivity index (χ1) is 31.6. The van der Waals surface area contributed by atoms with Crippen molar-refractivity contribution in [3.63, 3.8) is 0 Å². The number of nitrogens with zero attached hydrogens (tertiary/aromatic N) is 2. The second kappa shape index (κ2) is 26.5. The predicted molar refractivity (Wildman–Crippen MR) is 286 cm³/mol. The van der Waals surface area contributed by atoms with Crippen LogP contribution in [0.25, 0.3) is 0 Å². The molecule has 368 valence electrons. The molecular formula is C55H76I2N2O8. The third-order valence-electron chi connectivity index (χ3n) is 14.6. The van der Waals surface area contributed by atoms with Crippen LogP contribution in [0.2, 0.25) is 0 Å². The number of phenolic OH excluding ortho intramolecular Hbond substituents is 1. The van der Waals surface area contributed by atoms with Gasteiger partial charge in [-0.25, -0.2) is 0 Å². The monoisotopic (exact) mass is 1150 g/mol. The summed E-state index contributed by atoms with van der Waals surface area (Å²) < 4.78 is 32.3. The lowest BCUT2D eigenvalue weighted by molar-refractivity contribution is -0.941. The average molecular weight is 1150 g/mol. The Hall–Kier alpha value is -3.47. The smallest absolute Gasteiger partial charge is 0.201 e. The van der Waals surface area contributed by atoms with Crippen LogP contribution >= 0.6 is 48.0 Å². The van der Waals surface area contributed by atoms with Crippen molar-refractivity contribution in [2.75, 3.05) is 55.1 Å². The van der Waals surface area contributed by atoms with E-state index in [4.69, 9.17) is 23.7 Å². The van der Waals surface area contributed by atoms with E-state index in [1.165, 1.54) is 87.3 Å². The molecule has 4 aliphatic rings. The van der Waals surface area contributed by atoms with Crippen molar-refractivity contribution in [3.8, 4) is 46.0 Å². The Kier molecular flexibility index (Phi) is 21.5. The molecule has 0 aliphatic carbocycles. The highest BCUT2D eigenvalue weighted by molar-refractivity contribution is 14.0. The average Bonchev–Trinajstić information content (AvgIpc) is 3.30. The highest BCUT2D eigenvalue weighted by Crippen LogP contribution is 2.53. The van der Waals surface area contributed by atoms with E-state index in [0.29, 0.717) is 40.9 Å². The van der Waals surface area contributed by atoms with Gasteiger partial charge in [-0.15, -0.1) is 48.0 Å². The maximum absolute atomic E-state index is 12.2. The van der Waals surface area contributed by atoms with Crippen molar-refractivity contribution < 1.29 is 43.2 Å². The number of hydrogen-bond donors (Lipinski definition) is 1. The molecule has 8 rings (SSSR count). The minimum absolute atomic E-state index is 0. The van der Waals surface area contributed by atoms with Crippen LogP contribution in [-0.2, 0) is 30.5 Å². The number of ether oxygens (including phenoxy) is 5. The second-order valence-electron chi connectivity index (χ2n) is 19.1. The number of benzene rings is 4. The number of likely N-dealkylation sites (N-methyl/N-ethyl adjacent to an activating group) is 2. The van der Waals surface area contributed by atoms with Crippen molar-refractivity contribution in [1.29, 1.82) is 0 Å². The Labute approximate surface area is 434 Å². The maximum Gasteiger partial charge on any atom is 0.201 e. The van der Waals surface area contributed by atoms with Gasteiger partial charge in [-0.2, -0.15) is 0 Å². The number of carbonyl (C=O) groups is 1. The quantitative estimate of drug-likeness (QED) is 0.0495. The number of aromatic hydroxyl groups is 1. The van der Waals surface area contributed by atoms with Gasteiger partial charge in [0.1, 0.15) is 11.8 Å². The van der Waals surface area contributed by atoms with Gasteiger partial charge in [0.15, 0.2) is 34.5 Å². The lowest BCUT2D eigenvalue weighted by Crippen LogP contribution is -2.52. The van der Waals surface area contributed by atoms with Crippen LogP contribution < -0.4 is 28.8 Å². The summed E-state index contributed by atoms with van der Waals surface area (Å²) in [6.45, 7) is 2.90. The first-order valence-electron chi connectivity index (χ1n) is 24.6. The van der Waals surface area contributed by atoms with Crippen LogP contribution in [0.15, 0.2) is 60.7 Å². The number of phenols is 1. The van der Waals surface area contributed by atoms with Crippen molar-refractivity contribution in [2.45, 2.75) is 141 Å². The summed E-state index contributed by atoms with van der Waals surface area (Å²) in [7, 11) is 9.58. The molecule has 67 heavy (non-hydrogen) atoms. The number of hydrogen-bond acceptors (Lipinski definition) is 9. The highest BCUT2D eigenvalue weighted by atomic mass is 127. The van der Waals surface area contributed by atoms with Gasteiger partial charge >= 0.3 is 0 Å². The lowest BCUT2D eigenvalue weighted by atomic mass is 9.85. The molecule has 3 unspecified atom stereocenters. The predicted octanol–water partition coefficient (Wildman–Crippen LogP) is 12.6. The van der Waals surface area contributed by atoms with E-state index in [9.17, 15) is 15.0 Å². The SMILES string of the molecule is COc1ccc2cc1Oc1ccc(cc1)CC1c3cc(c(OC)cc3CCN1C)Oc1c(O)c(OC)cc3c1C(C2)[N+](C)(CCCCCCCCCCCCCCCCCC(=O)[O-])CC3.I.I. The fraction of sp³-hybridized carbons (Fsp3) is 0.545. The van der Waals surface area contributed by atoms with Crippen molar-refractivity contribution in [3.05, 3.63) is 94.0 Å². The van der Waals surface area contributed by atoms with Crippen LogP contribution in [0.4, 0.5) is 0 Å². The molecule has 4 aromatic carbocycles. The van der Waals surface area contributed by atoms with E-state index in [-0.39, 0.29) is 72.2 Å². The van der Waals surface area contributed by atoms with E-state index < -0.39 is 5.97 Å². The van der Waals surface area contributed by atoms with Gasteiger partial charge in [0.05, 0.1) is 47.0 Å². The van der Waals surface area contributed by atoms with Crippen LogP contribution in [0.3, 0.4) is 0 Å². The maximum atomic E-state index is 12.2. The summed E-state index contributed by atoms with van der Waals surface area (Å²) >= 11 is 0. The fourth-order valence-electron chi connectivity index (χ4n) is 10.6. The van der Waals surface area contributed by atoms with Crippen molar-refractivity contribution in [1.82, 2.24) is 4.90 Å². The minimum atomic E-state index is -0.929. The van der Waals surface area contributed by atoms with Gasteiger partial charge < -0.3 is 43.2 Å². The van der Waals surface area contributed by atoms with E-state index >= 15 is 0 Å². The first-order valence-corrected chi connectivity index (χ1v) is 24.6. The number of unbranched alkanes of at least 4 members (excludes halogenated alkanes) is 14. The summed E-state index contributed by atoms with van der Waals surface area (Å²) in [5.74, 6) is 3.30. The minimum Gasteiger partial charge on any atom is -0.550 e. The molecule has 0 saturated carbocycles. The van der Waals surface area contributed by atoms with Crippen LogP contribution in [0, 0.1) is 0 Å². The number of fused-ring (bicyclic) bond motifs is 2. The second-order valence-corrected chi connectivity index (χ2v) is 19.1. The van der Waals surface area contributed by atoms with Gasteiger partial charge in [0.25, 0.3) is 0 Å². The summed E-state index contributed by atoms with van der Waals surface area (Å²) in [4.78, 5) is 13.0. The molecule has 0 fully saturated rings. The molecule has 0 aromatic heterocycles. The third-order valence-corrected chi connectivity index (χ3v) is 14.6. The van der Waals surface area contributed by atoms with Crippen LogP contribution in [0.5, 0.6) is 46.0 Å². The van der Waals surface area contributed by atoms with Gasteiger partial charge in [0.2, 0.25) is 5.75 Å². The molecule has 0 radical (unpaired) electrons. The first kappa shape index (κ1) is 54.5. The lowest BCUT2D eigenvalue weighted by Gasteiger charge is -2.46. The fourth-order valence-corrected chi connectivity index (χ4v) is 10.6. The number of carbonyl (C=O) groups excluding carboxylic acids is 1. The molecule has 6 bridgehead atoms. The highest BCUT2D eigenvalue weighted by Gasteiger charge is 2.43. The largest absolute Gasteiger partial charge is 0.550 e. The number of aliphatic carboxylic acids is 1. The van der Waals surface area contributed by atoms with Crippen molar-refractivity contribution in [2.24, 2.45) is 0 Å². The van der Waals surface area contributed by atoms with Crippen LogP contribution in [0.1, 0.15) is 148 Å². The van der Waals surface area contributed by atoms with Gasteiger partial charge in [-0.1, -0.05) is 95.2 Å². The number of quaternary nitrogens is 1. The Morgan fingerprint density at radius 1 is 0.687 bits per heavy atom. The standard InChI is InChI=1S/C55H74N2O8.2HI/c1-56-30-28-41-36-48(62-4)50-38-44(41)45(56)33-39-22-25-43(26-23-39)64-49-35-40(24-27-47(49)61-3)34-46-53-42(37-51(63-5)54(60)55(53)65-50)29-32-57(46,2)31-20-18-16-14-12-10-8-6-7-9-11-13-15-17-19-21-52(58)59;;/h22-27,35-38,45-46H,6-21,28-34H2,1-5H3,(H-,58,59,60);2*1H. The molecule has 4 aromatic rings. The Balaban J connectivity index is 0.00000420. The molecule has 3 atom stereocenters. The molecule has 12 heteroatoms. The van der Waals surface area contributed by atoms with E-state index in [2.05, 4.69) is 67.5 Å². The van der Waals surface area contributed by atoms with E-state index in [0.717, 1.165) is 91.5 Å². The Morgan fingerprint density at radius 3 is 1.87 bits per heavy atom. The van der Waals surface area contributed by atoms with Crippen LogP contribution in [-0.4, -0.2) is 75.5 Å².